The zero-order valence-electron chi connectivity index (χ0n) is 16.5. The third-order valence-electron chi connectivity index (χ3n) is 5.14. The van der Waals surface area contributed by atoms with E-state index in [9.17, 15) is 9.59 Å². The van der Waals surface area contributed by atoms with Crippen molar-refractivity contribution >= 4 is 17.7 Å². The van der Waals surface area contributed by atoms with Gasteiger partial charge in [-0.25, -0.2) is 4.79 Å². The number of likely N-dealkylation sites (tertiary alicyclic amines) is 1. The first-order valence-electron chi connectivity index (χ1n) is 9.99. The molecule has 1 saturated heterocycles. The molecule has 1 fully saturated rings. The zero-order chi connectivity index (χ0) is 20.8. The number of nitrogens with zero attached hydrogens (tertiary/aromatic N) is 2. The van der Waals surface area contributed by atoms with Crippen LogP contribution in [-0.2, 0) is 16.1 Å². The Balaban J connectivity index is 1.39. The van der Waals surface area contributed by atoms with Gasteiger partial charge in [-0.15, -0.1) is 0 Å². The van der Waals surface area contributed by atoms with Crippen LogP contribution in [0.2, 0.25) is 0 Å². The highest BCUT2D eigenvalue weighted by atomic mass is 16.6. The summed E-state index contributed by atoms with van der Waals surface area (Å²) in [7, 11) is 0. The molecule has 0 bridgehead atoms. The molecule has 0 radical (unpaired) electrons. The Labute approximate surface area is 175 Å². The SMILES string of the molecule is O=C(Nc1cccc(-c2ccncc2)c1)[C@@H]1CCCN1C(=O)OCc1ccccc1. The number of nitrogens with one attached hydrogen (secondary N) is 1. The molecule has 2 amide bonds. The Kier molecular flexibility index (Phi) is 6.03. The van der Waals surface area contributed by atoms with E-state index in [2.05, 4.69) is 10.3 Å². The average Bonchev–Trinajstić information content (AvgIpc) is 3.29. The van der Waals surface area contributed by atoms with E-state index >= 15 is 0 Å². The molecule has 1 aromatic heterocycles. The van der Waals surface area contributed by atoms with Crippen LogP contribution in [-0.4, -0.2) is 34.5 Å². The van der Waals surface area contributed by atoms with Crippen molar-refractivity contribution in [1.29, 1.82) is 0 Å². The van der Waals surface area contributed by atoms with Gasteiger partial charge in [0.1, 0.15) is 12.6 Å². The summed E-state index contributed by atoms with van der Waals surface area (Å²) < 4.78 is 5.42. The molecule has 1 aliphatic heterocycles. The van der Waals surface area contributed by atoms with E-state index in [0.29, 0.717) is 18.7 Å². The number of rotatable bonds is 5. The van der Waals surface area contributed by atoms with Gasteiger partial charge in [0, 0.05) is 24.6 Å². The summed E-state index contributed by atoms with van der Waals surface area (Å²) in [4.78, 5) is 31.0. The van der Waals surface area contributed by atoms with E-state index in [4.69, 9.17) is 4.74 Å². The Morgan fingerprint density at radius 2 is 1.80 bits per heavy atom. The first-order chi connectivity index (χ1) is 14.7. The summed E-state index contributed by atoms with van der Waals surface area (Å²) in [5.74, 6) is -0.198. The number of aromatic nitrogens is 1. The minimum Gasteiger partial charge on any atom is -0.445 e. The Morgan fingerprint density at radius 3 is 2.60 bits per heavy atom. The number of carbonyl (C=O) groups is 2. The maximum absolute atomic E-state index is 12.9. The minimum absolute atomic E-state index is 0.193. The van der Waals surface area contributed by atoms with Gasteiger partial charge < -0.3 is 10.1 Å². The molecule has 1 aliphatic rings. The highest BCUT2D eigenvalue weighted by molar-refractivity contribution is 5.97. The fourth-order valence-corrected chi connectivity index (χ4v) is 3.61. The van der Waals surface area contributed by atoms with Gasteiger partial charge in [0.2, 0.25) is 5.91 Å². The number of hydrogen-bond acceptors (Lipinski definition) is 4. The second kappa shape index (κ2) is 9.22. The van der Waals surface area contributed by atoms with Crippen molar-refractivity contribution in [1.82, 2.24) is 9.88 Å². The maximum atomic E-state index is 12.9. The van der Waals surface area contributed by atoms with Crippen molar-refractivity contribution in [2.45, 2.75) is 25.5 Å². The molecule has 6 heteroatoms. The van der Waals surface area contributed by atoms with Crippen molar-refractivity contribution in [3.63, 3.8) is 0 Å². The van der Waals surface area contributed by atoms with E-state index in [-0.39, 0.29) is 12.5 Å². The Bertz CT molecular complexity index is 1010. The van der Waals surface area contributed by atoms with Gasteiger partial charge in [0.25, 0.3) is 0 Å². The molecule has 3 aromatic rings. The van der Waals surface area contributed by atoms with Gasteiger partial charge >= 0.3 is 6.09 Å². The predicted octanol–water partition coefficient (Wildman–Crippen LogP) is 4.49. The number of ether oxygens (including phenoxy) is 1. The van der Waals surface area contributed by atoms with E-state index < -0.39 is 12.1 Å². The maximum Gasteiger partial charge on any atom is 0.410 e. The fraction of sp³-hybridized carbons (Fsp3) is 0.208. The highest BCUT2D eigenvalue weighted by Gasteiger charge is 2.35. The second-order valence-electron chi connectivity index (χ2n) is 7.20. The van der Waals surface area contributed by atoms with Crippen molar-refractivity contribution in [2.75, 3.05) is 11.9 Å². The zero-order valence-corrected chi connectivity index (χ0v) is 16.5. The van der Waals surface area contributed by atoms with E-state index in [1.54, 1.807) is 12.4 Å². The summed E-state index contributed by atoms with van der Waals surface area (Å²) in [6, 6.07) is 20.5. The third kappa shape index (κ3) is 4.66. The van der Waals surface area contributed by atoms with Crippen molar-refractivity contribution in [2.24, 2.45) is 0 Å². The predicted molar refractivity (Wildman–Crippen MR) is 115 cm³/mol. The van der Waals surface area contributed by atoms with Crippen molar-refractivity contribution < 1.29 is 14.3 Å². The summed E-state index contributed by atoms with van der Waals surface area (Å²) in [6.45, 7) is 0.710. The van der Waals surface area contributed by atoms with Crippen LogP contribution in [0, 0.1) is 0 Å². The van der Waals surface area contributed by atoms with Crippen LogP contribution in [0.1, 0.15) is 18.4 Å². The van der Waals surface area contributed by atoms with Crippen LogP contribution in [0.25, 0.3) is 11.1 Å². The molecular formula is C24H23N3O3. The van der Waals surface area contributed by atoms with Crippen LogP contribution in [0.5, 0.6) is 0 Å². The van der Waals surface area contributed by atoms with Crippen LogP contribution in [0.4, 0.5) is 10.5 Å². The lowest BCUT2D eigenvalue weighted by Crippen LogP contribution is -2.43. The summed E-state index contributed by atoms with van der Waals surface area (Å²) in [6.07, 6.45) is 4.41. The lowest BCUT2D eigenvalue weighted by molar-refractivity contribution is -0.120. The van der Waals surface area contributed by atoms with E-state index in [1.807, 2.05) is 66.7 Å². The van der Waals surface area contributed by atoms with Gasteiger partial charge in [-0.05, 0) is 53.8 Å². The first-order valence-corrected chi connectivity index (χ1v) is 9.99. The highest BCUT2D eigenvalue weighted by Crippen LogP contribution is 2.24. The molecule has 4 rings (SSSR count). The van der Waals surface area contributed by atoms with Crippen molar-refractivity contribution in [3.8, 4) is 11.1 Å². The molecule has 0 saturated carbocycles. The number of carbonyl (C=O) groups excluding carboxylic acids is 2. The van der Waals surface area contributed by atoms with Gasteiger partial charge in [-0.2, -0.15) is 0 Å². The second-order valence-corrected chi connectivity index (χ2v) is 7.20. The molecule has 2 aromatic carbocycles. The lowest BCUT2D eigenvalue weighted by atomic mass is 10.1. The number of anilines is 1. The van der Waals surface area contributed by atoms with Gasteiger partial charge in [0.05, 0.1) is 0 Å². The number of hydrogen-bond donors (Lipinski definition) is 1. The van der Waals surface area contributed by atoms with Crippen LogP contribution < -0.4 is 5.32 Å². The molecule has 30 heavy (non-hydrogen) atoms. The topological polar surface area (TPSA) is 71.5 Å². The van der Waals surface area contributed by atoms with Gasteiger partial charge in [-0.1, -0.05) is 42.5 Å². The summed E-state index contributed by atoms with van der Waals surface area (Å²) in [5, 5.41) is 2.95. The van der Waals surface area contributed by atoms with Crippen LogP contribution in [0.15, 0.2) is 79.1 Å². The molecule has 0 unspecified atom stereocenters. The average molecular weight is 401 g/mol. The quantitative estimate of drug-likeness (QED) is 0.684. The molecule has 0 aliphatic carbocycles. The summed E-state index contributed by atoms with van der Waals surface area (Å²) in [5.41, 5.74) is 3.62. The van der Waals surface area contributed by atoms with Gasteiger partial charge in [0.15, 0.2) is 0 Å². The van der Waals surface area contributed by atoms with Crippen molar-refractivity contribution in [3.05, 3.63) is 84.7 Å². The standard InChI is InChI=1S/C24H23N3O3/c28-23(26-21-9-4-8-20(16-21)19-11-13-25-14-12-19)22-10-5-15-27(22)24(29)30-17-18-6-2-1-3-7-18/h1-4,6-9,11-14,16,22H,5,10,15,17H2,(H,26,28)/t22-/m0/s1. The summed E-state index contributed by atoms with van der Waals surface area (Å²) >= 11 is 0. The Hall–Kier alpha value is -3.67. The smallest absolute Gasteiger partial charge is 0.410 e. The first kappa shape index (κ1) is 19.6. The molecule has 152 valence electrons. The third-order valence-corrected chi connectivity index (χ3v) is 5.14. The number of pyridine rings is 1. The lowest BCUT2D eigenvalue weighted by Gasteiger charge is -2.23. The van der Waals surface area contributed by atoms with E-state index in [0.717, 1.165) is 23.1 Å². The molecule has 6 nitrogen and oxygen atoms in total. The minimum atomic E-state index is -0.530. The molecule has 0 spiro atoms. The normalized spacial score (nSPS) is 15.6. The van der Waals surface area contributed by atoms with Gasteiger partial charge in [-0.3, -0.25) is 14.7 Å². The van der Waals surface area contributed by atoms with E-state index in [1.165, 1.54) is 4.90 Å². The molecule has 1 atom stereocenters. The molecule has 2 heterocycles. The van der Waals surface area contributed by atoms with Crippen LogP contribution in [0.3, 0.4) is 0 Å². The monoisotopic (exact) mass is 401 g/mol. The largest absolute Gasteiger partial charge is 0.445 e. The Morgan fingerprint density at radius 1 is 1.00 bits per heavy atom. The van der Waals surface area contributed by atoms with Crippen LogP contribution >= 0.6 is 0 Å². The molecule has 1 N–H and O–H groups in total. The number of benzene rings is 2. The fourth-order valence-electron chi connectivity index (χ4n) is 3.61. The molecular weight excluding hydrogens is 378 g/mol. The number of amides is 2.